The van der Waals surface area contributed by atoms with Crippen LogP contribution in [0.4, 0.5) is 0 Å². The fourth-order valence-corrected chi connectivity index (χ4v) is 2.30. The molecule has 4 heteroatoms. The number of halogens is 1. The molecule has 1 aromatic carbocycles. The average molecular weight is 284 g/mol. The molecule has 1 rings (SSSR count). The second kappa shape index (κ2) is 6.40. The van der Waals surface area contributed by atoms with Crippen molar-refractivity contribution in [3.63, 3.8) is 0 Å². The molecule has 0 aliphatic carbocycles. The van der Waals surface area contributed by atoms with E-state index in [0.717, 1.165) is 6.54 Å². The lowest BCUT2D eigenvalue weighted by Crippen LogP contribution is -2.33. The van der Waals surface area contributed by atoms with Gasteiger partial charge >= 0.3 is 0 Å². The Labute approximate surface area is 120 Å². The fourth-order valence-electron chi connectivity index (χ4n) is 2.04. The number of carbonyl (C=O) groups is 1. The Morgan fingerprint density at radius 1 is 1.37 bits per heavy atom. The summed E-state index contributed by atoms with van der Waals surface area (Å²) in [7, 11) is 3.51. The van der Waals surface area contributed by atoms with Crippen LogP contribution in [0.3, 0.4) is 0 Å². The molecule has 0 amide bonds. The van der Waals surface area contributed by atoms with E-state index in [4.69, 9.17) is 16.3 Å². The maximum absolute atomic E-state index is 12.2. The van der Waals surface area contributed by atoms with Crippen LogP contribution in [0.1, 0.15) is 31.1 Å². The van der Waals surface area contributed by atoms with Gasteiger partial charge in [0, 0.05) is 12.1 Å². The molecule has 3 nitrogen and oxygen atoms in total. The number of benzene rings is 1. The monoisotopic (exact) mass is 283 g/mol. The van der Waals surface area contributed by atoms with Gasteiger partial charge in [-0.05, 0) is 30.7 Å². The number of hydrogen-bond donors (Lipinski definition) is 0. The Kier molecular flexibility index (Phi) is 5.39. The Hall–Kier alpha value is -1.06. The van der Waals surface area contributed by atoms with Gasteiger partial charge in [0.15, 0.2) is 5.78 Å². The van der Waals surface area contributed by atoms with Crippen LogP contribution < -0.4 is 4.74 Å². The van der Waals surface area contributed by atoms with Crippen LogP contribution in [-0.4, -0.2) is 37.9 Å². The van der Waals surface area contributed by atoms with Gasteiger partial charge in [-0.25, -0.2) is 0 Å². The van der Waals surface area contributed by atoms with Crippen molar-refractivity contribution in [2.45, 2.75) is 20.8 Å². The molecule has 1 aromatic rings. The van der Waals surface area contributed by atoms with Crippen LogP contribution in [-0.2, 0) is 0 Å². The van der Waals surface area contributed by atoms with E-state index >= 15 is 0 Å². The number of likely N-dealkylation sites (N-methyl/N-ethyl adjacent to an activating group) is 1. The number of ketones is 1. The highest BCUT2D eigenvalue weighted by Crippen LogP contribution is 2.25. The van der Waals surface area contributed by atoms with Crippen molar-refractivity contribution in [3.8, 4) is 5.75 Å². The van der Waals surface area contributed by atoms with Crippen molar-refractivity contribution < 1.29 is 9.53 Å². The van der Waals surface area contributed by atoms with E-state index in [1.807, 2.05) is 11.9 Å². The SMILES string of the molecule is COc1ccc(C(=O)CN(C)CC(C)(C)C)cc1Cl. The minimum Gasteiger partial charge on any atom is -0.495 e. The minimum absolute atomic E-state index is 0.0660. The third-order valence-corrected chi connectivity index (χ3v) is 2.93. The second-order valence-corrected chi connectivity index (χ2v) is 6.41. The Balaban J connectivity index is 2.71. The van der Waals surface area contributed by atoms with Crippen molar-refractivity contribution in [3.05, 3.63) is 28.8 Å². The smallest absolute Gasteiger partial charge is 0.176 e. The summed E-state index contributed by atoms with van der Waals surface area (Å²) < 4.78 is 5.07. The summed E-state index contributed by atoms with van der Waals surface area (Å²) in [5.41, 5.74) is 0.790. The van der Waals surface area contributed by atoms with E-state index < -0.39 is 0 Å². The van der Waals surface area contributed by atoms with Gasteiger partial charge in [-0.15, -0.1) is 0 Å². The quantitative estimate of drug-likeness (QED) is 0.775. The van der Waals surface area contributed by atoms with Crippen LogP contribution in [0.2, 0.25) is 5.02 Å². The van der Waals surface area contributed by atoms with Crippen LogP contribution in [0.25, 0.3) is 0 Å². The number of methoxy groups -OCH3 is 1. The van der Waals surface area contributed by atoms with Gasteiger partial charge in [0.05, 0.1) is 18.7 Å². The Morgan fingerprint density at radius 2 is 2.00 bits per heavy atom. The van der Waals surface area contributed by atoms with Crippen molar-refractivity contribution >= 4 is 17.4 Å². The van der Waals surface area contributed by atoms with Gasteiger partial charge in [-0.3, -0.25) is 9.69 Å². The average Bonchev–Trinajstić information content (AvgIpc) is 2.26. The summed E-state index contributed by atoms with van der Waals surface area (Å²) in [6.07, 6.45) is 0. The first-order valence-electron chi connectivity index (χ1n) is 6.28. The minimum atomic E-state index is 0.0660. The summed E-state index contributed by atoms with van der Waals surface area (Å²) >= 11 is 6.03. The molecular weight excluding hydrogens is 262 g/mol. The Bertz CT molecular complexity index is 452. The maximum Gasteiger partial charge on any atom is 0.176 e. The third-order valence-electron chi connectivity index (χ3n) is 2.63. The van der Waals surface area contributed by atoms with Crippen LogP contribution in [0, 0.1) is 5.41 Å². The molecule has 0 fully saturated rings. The fraction of sp³-hybridized carbons (Fsp3) is 0.533. The first kappa shape index (κ1) is 16.0. The highest BCUT2D eigenvalue weighted by molar-refractivity contribution is 6.32. The molecule has 0 saturated heterocycles. The van der Waals surface area contributed by atoms with E-state index in [-0.39, 0.29) is 11.2 Å². The molecule has 0 aliphatic rings. The zero-order valence-corrected chi connectivity index (χ0v) is 13.0. The summed E-state index contributed by atoms with van der Waals surface area (Å²) in [5.74, 6) is 0.651. The zero-order valence-electron chi connectivity index (χ0n) is 12.3. The van der Waals surface area contributed by atoms with Crippen LogP contribution >= 0.6 is 11.6 Å². The van der Waals surface area contributed by atoms with Gasteiger partial charge < -0.3 is 4.74 Å². The summed E-state index contributed by atoms with van der Waals surface area (Å²) in [4.78, 5) is 14.2. The predicted octanol–water partition coefficient (Wildman–Crippen LogP) is 3.51. The number of nitrogens with zero attached hydrogens (tertiary/aromatic N) is 1. The zero-order chi connectivity index (χ0) is 14.6. The van der Waals surface area contributed by atoms with E-state index in [0.29, 0.717) is 22.9 Å². The van der Waals surface area contributed by atoms with E-state index in [9.17, 15) is 4.79 Å². The van der Waals surface area contributed by atoms with Crippen molar-refractivity contribution in [2.75, 3.05) is 27.2 Å². The van der Waals surface area contributed by atoms with Gasteiger partial charge in [0.25, 0.3) is 0 Å². The Morgan fingerprint density at radius 3 is 2.47 bits per heavy atom. The van der Waals surface area contributed by atoms with Crippen LogP contribution in [0.5, 0.6) is 5.75 Å². The lowest BCUT2D eigenvalue weighted by Gasteiger charge is -2.25. The summed E-state index contributed by atoms with van der Waals surface area (Å²) in [5, 5.41) is 0.465. The standard InChI is InChI=1S/C15H22ClNO2/c1-15(2,3)10-17(4)9-13(18)11-6-7-14(19-5)12(16)8-11/h6-8H,9-10H2,1-5H3. The number of rotatable bonds is 5. The summed E-state index contributed by atoms with van der Waals surface area (Å²) in [6.45, 7) is 7.71. The molecule has 0 spiro atoms. The van der Waals surface area contributed by atoms with Gasteiger partial charge in [-0.1, -0.05) is 32.4 Å². The number of ether oxygens (including phenoxy) is 1. The number of Topliss-reactive ketones (excluding diaryl/α,β-unsaturated/α-hetero) is 1. The topological polar surface area (TPSA) is 29.5 Å². The van der Waals surface area contributed by atoms with Crippen molar-refractivity contribution in [1.82, 2.24) is 4.90 Å². The molecule has 0 aromatic heterocycles. The molecule has 0 atom stereocenters. The van der Waals surface area contributed by atoms with E-state index in [2.05, 4.69) is 20.8 Å². The molecule has 0 saturated carbocycles. The first-order chi connectivity index (χ1) is 8.73. The van der Waals surface area contributed by atoms with Gasteiger partial charge in [0.2, 0.25) is 0 Å². The normalized spacial score (nSPS) is 11.7. The van der Waals surface area contributed by atoms with Crippen molar-refractivity contribution in [1.29, 1.82) is 0 Å². The molecule has 0 bridgehead atoms. The third kappa shape index (κ3) is 5.21. The molecule has 106 valence electrons. The molecule has 0 heterocycles. The van der Waals surface area contributed by atoms with Gasteiger partial charge in [0.1, 0.15) is 5.75 Å². The molecule has 0 unspecified atom stereocenters. The van der Waals surface area contributed by atoms with E-state index in [1.165, 1.54) is 0 Å². The van der Waals surface area contributed by atoms with E-state index in [1.54, 1.807) is 25.3 Å². The molecule has 0 aliphatic heterocycles. The summed E-state index contributed by atoms with van der Waals surface area (Å²) in [6, 6.07) is 5.13. The largest absolute Gasteiger partial charge is 0.495 e. The molecule has 19 heavy (non-hydrogen) atoms. The first-order valence-corrected chi connectivity index (χ1v) is 6.66. The maximum atomic E-state index is 12.2. The van der Waals surface area contributed by atoms with Gasteiger partial charge in [-0.2, -0.15) is 0 Å². The van der Waals surface area contributed by atoms with Crippen LogP contribution in [0.15, 0.2) is 18.2 Å². The molecule has 0 N–H and O–H groups in total. The predicted molar refractivity (Wildman–Crippen MR) is 79.3 cm³/mol. The lowest BCUT2D eigenvalue weighted by atomic mass is 9.96. The number of carbonyl (C=O) groups excluding carboxylic acids is 1. The second-order valence-electron chi connectivity index (χ2n) is 6.01. The van der Waals surface area contributed by atoms with Crippen molar-refractivity contribution in [2.24, 2.45) is 5.41 Å². The highest BCUT2D eigenvalue weighted by atomic mass is 35.5. The number of hydrogen-bond acceptors (Lipinski definition) is 3. The molecule has 0 radical (unpaired) electrons. The molecular formula is C15H22ClNO2. The lowest BCUT2D eigenvalue weighted by molar-refractivity contribution is 0.0927. The highest BCUT2D eigenvalue weighted by Gasteiger charge is 2.17.